The lowest BCUT2D eigenvalue weighted by Crippen LogP contribution is -2.54. The molecule has 16 heavy (non-hydrogen) atoms. The molecule has 3 N–H and O–H groups in total. The molecule has 1 fully saturated rings. The van der Waals surface area contributed by atoms with Crippen LogP contribution in [0.3, 0.4) is 0 Å². The normalized spacial score (nSPS) is 19.4. The third-order valence-corrected chi connectivity index (χ3v) is 2.96. The summed E-state index contributed by atoms with van der Waals surface area (Å²) in [5.41, 5.74) is 4.89. The van der Waals surface area contributed by atoms with Crippen molar-refractivity contribution in [2.75, 3.05) is 13.2 Å². The van der Waals surface area contributed by atoms with Crippen LogP contribution in [-0.4, -0.2) is 30.7 Å². The smallest absolute Gasteiger partial charge is 0.237 e. The van der Waals surface area contributed by atoms with Crippen molar-refractivity contribution in [1.29, 1.82) is 0 Å². The summed E-state index contributed by atoms with van der Waals surface area (Å²) >= 11 is 0. The standard InChI is InChI=1S/C12H24N2O2/c1-3-8-16-9-4-7-12(2,11(13)15)14-10-5-6-10/h10,14H,3-9H2,1-2H3,(H2,13,15). The molecule has 1 unspecified atom stereocenters. The summed E-state index contributed by atoms with van der Waals surface area (Å²) in [6, 6.07) is 0.495. The van der Waals surface area contributed by atoms with E-state index in [4.69, 9.17) is 10.5 Å². The number of nitrogens with two attached hydrogens (primary N) is 1. The molecule has 1 amide bonds. The molecule has 1 saturated carbocycles. The van der Waals surface area contributed by atoms with Crippen molar-refractivity contribution in [2.45, 2.75) is 57.5 Å². The van der Waals surface area contributed by atoms with Crippen molar-refractivity contribution in [3.05, 3.63) is 0 Å². The SMILES string of the molecule is CCCOCCCC(C)(NC1CC1)C(N)=O. The minimum atomic E-state index is -0.559. The predicted octanol–water partition coefficient (Wildman–Crippen LogP) is 1.19. The van der Waals surface area contributed by atoms with Crippen LogP contribution >= 0.6 is 0 Å². The summed E-state index contributed by atoms with van der Waals surface area (Å²) in [6.07, 6.45) is 4.99. The Balaban J connectivity index is 2.23. The molecule has 94 valence electrons. The number of rotatable bonds is 9. The van der Waals surface area contributed by atoms with E-state index in [1.165, 1.54) is 0 Å². The largest absolute Gasteiger partial charge is 0.381 e. The zero-order valence-corrected chi connectivity index (χ0v) is 10.4. The maximum absolute atomic E-state index is 11.4. The number of hydrogen-bond donors (Lipinski definition) is 2. The average Bonchev–Trinajstić information content (AvgIpc) is 3.01. The van der Waals surface area contributed by atoms with Gasteiger partial charge in [-0.15, -0.1) is 0 Å². The quantitative estimate of drug-likeness (QED) is 0.583. The van der Waals surface area contributed by atoms with Gasteiger partial charge in [-0.3, -0.25) is 4.79 Å². The van der Waals surface area contributed by atoms with Gasteiger partial charge in [-0.2, -0.15) is 0 Å². The molecule has 0 aromatic rings. The second-order valence-electron chi connectivity index (χ2n) is 4.83. The van der Waals surface area contributed by atoms with Gasteiger partial charge in [0, 0.05) is 19.3 Å². The molecule has 0 radical (unpaired) electrons. The molecule has 1 aliphatic rings. The molecule has 0 bridgehead atoms. The maximum atomic E-state index is 11.4. The van der Waals surface area contributed by atoms with E-state index in [-0.39, 0.29) is 5.91 Å². The van der Waals surface area contributed by atoms with Gasteiger partial charge in [-0.05, 0) is 39.0 Å². The Morgan fingerprint density at radius 3 is 2.69 bits per heavy atom. The van der Waals surface area contributed by atoms with E-state index < -0.39 is 5.54 Å². The molecule has 1 aliphatic carbocycles. The molecular weight excluding hydrogens is 204 g/mol. The highest BCUT2D eigenvalue weighted by Gasteiger charge is 2.36. The van der Waals surface area contributed by atoms with Crippen molar-refractivity contribution in [3.8, 4) is 0 Å². The van der Waals surface area contributed by atoms with Crippen LogP contribution in [0.25, 0.3) is 0 Å². The van der Waals surface area contributed by atoms with Crippen LogP contribution in [0.2, 0.25) is 0 Å². The number of hydrogen-bond acceptors (Lipinski definition) is 3. The first-order valence-corrected chi connectivity index (χ1v) is 6.24. The van der Waals surface area contributed by atoms with Crippen molar-refractivity contribution in [2.24, 2.45) is 5.73 Å². The van der Waals surface area contributed by atoms with E-state index in [0.29, 0.717) is 12.6 Å². The first kappa shape index (κ1) is 13.5. The Morgan fingerprint density at radius 2 is 2.19 bits per heavy atom. The first-order chi connectivity index (χ1) is 7.58. The second-order valence-corrected chi connectivity index (χ2v) is 4.83. The fraction of sp³-hybridized carbons (Fsp3) is 0.917. The van der Waals surface area contributed by atoms with E-state index in [2.05, 4.69) is 12.2 Å². The fourth-order valence-corrected chi connectivity index (χ4v) is 1.72. The molecule has 4 nitrogen and oxygen atoms in total. The first-order valence-electron chi connectivity index (χ1n) is 6.24. The Kier molecular flexibility index (Phi) is 5.22. The minimum absolute atomic E-state index is 0.255. The second kappa shape index (κ2) is 6.21. The average molecular weight is 228 g/mol. The Morgan fingerprint density at radius 1 is 1.50 bits per heavy atom. The van der Waals surface area contributed by atoms with Crippen LogP contribution in [0.5, 0.6) is 0 Å². The maximum Gasteiger partial charge on any atom is 0.237 e. The summed E-state index contributed by atoms with van der Waals surface area (Å²) < 4.78 is 5.40. The van der Waals surface area contributed by atoms with Crippen LogP contribution in [-0.2, 0) is 9.53 Å². The number of carbonyl (C=O) groups is 1. The molecule has 0 aromatic carbocycles. The van der Waals surface area contributed by atoms with Crippen LogP contribution in [0.1, 0.15) is 46.0 Å². The monoisotopic (exact) mass is 228 g/mol. The summed E-state index contributed by atoms with van der Waals surface area (Å²) in [5.74, 6) is -0.255. The molecule has 4 heteroatoms. The van der Waals surface area contributed by atoms with E-state index in [1.807, 2.05) is 6.92 Å². The highest BCUT2D eigenvalue weighted by atomic mass is 16.5. The van der Waals surface area contributed by atoms with Gasteiger partial charge >= 0.3 is 0 Å². The molecule has 1 atom stereocenters. The zero-order chi connectivity index (χ0) is 12.0. The van der Waals surface area contributed by atoms with E-state index >= 15 is 0 Å². The van der Waals surface area contributed by atoms with Crippen molar-refractivity contribution < 1.29 is 9.53 Å². The van der Waals surface area contributed by atoms with Gasteiger partial charge in [0.15, 0.2) is 0 Å². The molecule has 1 rings (SSSR count). The molecule has 0 aliphatic heterocycles. The summed E-state index contributed by atoms with van der Waals surface area (Å²) in [5, 5.41) is 3.33. The number of carbonyl (C=O) groups excluding carboxylic acids is 1. The summed E-state index contributed by atoms with van der Waals surface area (Å²) in [4.78, 5) is 11.4. The number of nitrogens with one attached hydrogen (secondary N) is 1. The molecule has 0 heterocycles. The Hall–Kier alpha value is -0.610. The molecule has 0 spiro atoms. The fourth-order valence-electron chi connectivity index (χ4n) is 1.72. The van der Waals surface area contributed by atoms with Gasteiger partial charge in [-0.25, -0.2) is 0 Å². The third kappa shape index (κ3) is 4.49. The van der Waals surface area contributed by atoms with Crippen LogP contribution in [0.15, 0.2) is 0 Å². The molecule has 0 aromatic heterocycles. The van der Waals surface area contributed by atoms with Gasteiger partial charge in [0.1, 0.15) is 0 Å². The topological polar surface area (TPSA) is 64.3 Å². The Bertz CT molecular complexity index is 229. The minimum Gasteiger partial charge on any atom is -0.381 e. The van der Waals surface area contributed by atoms with Gasteiger partial charge in [-0.1, -0.05) is 6.92 Å². The van der Waals surface area contributed by atoms with Crippen LogP contribution in [0.4, 0.5) is 0 Å². The van der Waals surface area contributed by atoms with Gasteiger partial charge < -0.3 is 15.8 Å². The van der Waals surface area contributed by atoms with Crippen LogP contribution < -0.4 is 11.1 Å². The summed E-state index contributed by atoms with van der Waals surface area (Å²) in [7, 11) is 0. The lowest BCUT2D eigenvalue weighted by Gasteiger charge is -2.27. The van der Waals surface area contributed by atoms with Gasteiger partial charge in [0.2, 0.25) is 5.91 Å². The van der Waals surface area contributed by atoms with E-state index in [1.54, 1.807) is 0 Å². The Labute approximate surface area is 97.9 Å². The van der Waals surface area contributed by atoms with E-state index in [9.17, 15) is 4.79 Å². The van der Waals surface area contributed by atoms with E-state index in [0.717, 1.165) is 38.7 Å². The zero-order valence-electron chi connectivity index (χ0n) is 10.4. The van der Waals surface area contributed by atoms with Crippen molar-refractivity contribution in [3.63, 3.8) is 0 Å². The number of ether oxygens (including phenoxy) is 1. The predicted molar refractivity (Wildman–Crippen MR) is 64.1 cm³/mol. The molecule has 0 saturated heterocycles. The highest BCUT2D eigenvalue weighted by Crippen LogP contribution is 2.24. The van der Waals surface area contributed by atoms with Gasteiger partial charge in [0.25, 0.3) is 0 Å². The third-order valence-electron chi connectivity index (χ3n) is 2.96. The lowest BCUT2D eigenvalue weighted by atomic mass is 9.95. The highest BCUT2D eigenvalue weighted by molar-refractivity contribution is 5.84. The van der Waals surface area contributed by atoms with Crippen molar-refractivity contribution in [1.82, 2.24) is 5.32 Å². The number of primary amides is 1. The summed E-state index contributed by atoms with van der Waals surface area (Å²) in [6.45, 7) is 5.49. The molecular formula is C12H24N2O2. The van der Waals surface area contributed by atoms with Crippen molar-refractivity contribution >= 4 is 5.91 Å². The van der Waals surface area contributed by atoms with Gasteiger partial charge in [0.05, 0.1) is 5.54 Å². The van der Waals surface area contributed by atoms with Crippen LogP contribution in [0, 0.1) is 0 Å². The number of amides is 1. The lowest BCUT2D eigenvalue weighted by molar-refractivity contribution is -0.124.